The Morgan fingerprint density at radius 1 is 1.46 bits per heavy atom. The van der Waals surface area contributed by atoms with Crippen LogP contribution in [0.5, 0.6) is 0 Å². The summed E-state index contributed by atoms with van der Waals surface area (Å²) in [5.41, 5.74) is 5.73. The zero-order chi connectivity index (χ0) is 9.26. The highest BCUT2D eigenvalue weighted by Crippen LogP contribution is 2.17. The zero-order valence-electron chi connectivity index (χ0n) is 7.74. The number of nitrogens with two attached hydrogens (primary N) is 1. The minimum atomic E-state index is -0.176. The van der Waals surface area contributed by atoms with Crippen LogP contribution in [0.2, 0.25) is 0 Å². The summed E-state index contributed by atoms with van der Waals surface area (Å²) in [5, 5.41) is 0. The largest absolute Gasteiger partial charge is 0.368 e. The van der Waals surface area contributed by atoms with Crippen molar-refractivity contribution in [1.82, 2.24) is 4.90 Å². The average molecular weight is 184 g/mol. The lowest BCUT2D eigenvalue weighted by molar-refractivity contribution is -0.139. The Hall–Kier alpha value is -0.610. The lowest BCUT2D eigenvalue weighted by Crippen LogP contribution is -2.38. The van der Waals surface area contributed by atoms with E-state index in [1.54, 1.807) is 0 Å². The van der Waals surface area contributed by atoms with E-state index in [-0.39, 0.29) is 18.1 Å². The summed E-state index contributed by atoms with van der Waals surface area (Å²) in [6, 6.07) is 0.172. The molecule has 4 heteroatoms. The minimum Gasteiger partial charge on any atom is -0.368 e. The van der Waals surface area contributed by atoms with Gasteiger partial charge in [-0.3, -0.25) is 4.79 Å². The molecule has 0 saturated carbocycles. The van der Waals surface area contributed by atoms with Gasteiger partial charge >= 0.3 is 0 Å². The molecule has 74 valence electrons. The van der Waals surface area contributed by atoms with Crippen molar-refractivity contribution in [3.05, 3.63) is 0 Å². The van der Waals surface area contributed by atoms with Crippen LogP contribution in [-0.4, -0.2) is 42.6 Å². The number of ether oxygens (including phenoxy) is 1. The van der Waals surface area contributed by atoms with Gasteiger partial charge in [0.05, 0.1) is 0 Å². The van der Waals surface area contributed by atoms with Gasteiger partial charge in [0.15, 0.2) is 0 Å². The Kier molecular flexibility index (Phi) is 2.51. The van der Waals surface area contributed by atoms with Gasteiger partial charge in [-0.2, -0.15) is 0 Å². The molecular weight excluding hydrogens is 168 g/mol. The summed E-state index contributed by atoms with van der Waals surface area (Å²) < 4.78 is 5.33. The Balaban J connectivity index is 1.89. The molecular formula is C9H16N2O2. The van der Waals surface area contributed by atoms with Crippen molar-refractivity contribution in [3.8, 4) is 0 Å². The Morgan fingerprint density at radius 2 is 2.31 bits per heavy atom. The van der Waals surface area contributed by atoms with Crippen LogP contribution in [-0.2, 0) is 9.53 Å². The first-order chi connectivity index (χ1) is 6.27. The molecule has 2 rings (SSSR count). The molecule has 2 aliphatic heterocycles. The highest BCUT2D eigenvalue weighted by atomic mass is 16.5. The molecule has 2 heterocycles. The van der Waals surface area contributed by atoms with Gasteiger partial charge in [-0.25, -0.2) is 0 Å². The molecule has 0 radical (unpaired) electrons. The van der Waals surface area contributed by atoms with E-state index in [1.165, 1.54) is 0 Å². The van der Waals surface area contributed by atoms with Crippen LogP contribution in [0.1, 0.15) is 19.3 Å². The van der Waals surface area contributed by atoms with Crippen molar-refractivity contribution in [2.75, 3.05) is 19.7 Å². The number of likely N-dealkylation sites (tertiary alicyclic amines) is 1. The molecule has 0 aromatic rings. The van der Waals surface area contributed by atoms with Gasteiger partial charge in [0, 0.05) is 25.7 Å². The lowest BCUT2D eigenvalue weighted by Gasteiger charge is -2.19. The molecule has 0 aromatic carbocycles. The second-order valence-corrected chi connectivity index (χ2v) is 3.83. The highest BCUT2D eigenvalue weighted by molar-refractivity contribution is 5.81. The number of amides is 1. The normalized spacial score (nSPS) is 34.1. The van der Waals surface area contributed by atoms with Gasteiger partial charge in [0.25, 0.3) is 5.91 Å². The lowest BCUT2D eigenvalue weighted by atomic mass is 10.2. The third kappa shape index (κ3) is 1.84. The van der Waals surface area contributed by atoms with Crippen LogP contribution in [0.4, 0.5) is 0 Å². The summed E-state index contributed by atoms with van der Waals surface area (Å²) in [7, 11) is 0. The summed E-state index contributed by atoms with van der Waals surface area (Å²) in [6.45, 7) is 2.24. The fourth-order valence-corrected chi connectivity index (χ4v) is 1.96. The smallest absolute Gasteiger partial charge is 0.251 e. The van der Waals surface area contributed by atoms with Gasteiger partial charge in [-0.05, 0) is 19.3 Å². The Morgan fingerprint density at radius 3 is 2.85 bits per heavy atom. The number of carbonyl (C=O) groups is 1. The van der Waals surface area contributed by atoms with Gasteiger partial charge < -0.3 is 15.4 Å². The first kappa shape index (κ1) is 8.97. The molecule has 1 amide bonds. The first-order valence-corrected chi connectivity index (χ1v) is 4.93. The van der Waals surface area contributed by atoms with E-state index in [0.29, 0.717) is 6.54 Å². The van der Waals surface area contributed by atoms with E-state index in [1.807, 2.05) is 4.90 Å². The van der Waals surface area contributed by atoms with E-state index >= 15 is 0 Å². The molecule has 2 fully saturated rings. The summed E-state index contributed by atoms with van der Waals surface area (Å²) in [4.78, 5) is 13.6. The maximum absolute atomic E-state index is 11.7. The van der Waals surface area contributed by atoms with Gasteiger partial charge in [-0.1, -0.05) is 0 Å². The maximum Gasteiger partial charge on any atom is 0.251 e. The summed E-state index contributed by atoms with van der Waals surface area (Å²) >= 11 is 0. The summed E-state index contributed by atoms with van der Waals surface area (Å²) in [5.74, 6) is 0.144. The SMILES string of the molecule is N[C@@H]1CCN(C(=O)[C@H]2CCCO2)C1. The number of hydrogen-bond donors (Lipinski definition) is 1. The van der Waals surface area contributed by atoms with Crippen molar-refractivity contribution in [2.24, 2.45) is 5.73 Å². The Labute approximate surface area is 78.0 Å². The molecule has 0 aliphatic carbocycles. The third-order valence-electron chi connectivity index (χ3n) is 2.74. The standard InChI is InChI=1S/C9H16N2O2/c10-7-3-4-11(6-7)9(12)8-2-1-5-13-8/h7-8H,1-6,10H2/t7-,8-/m1/s1. The second kappa shape index (κ2) is 3.64. The van der Waals surface area contributed by atoms with Gasteiger partial charge in [0.2, 0.25) is 0 Å². The number of hydrogen-bond acceptors (Lipinski definition) is 3. The highest BCUT2D eigenvalue weighted by Gasteiger charge is 2.31. The summed E-state index contributed by atoms with van der Waals surface area (Å²) in [6.07, 6.45) is 2.64. The minimum absolute atomic E-state index is 0.144. The van der Waals surface area contributed by atoms with Crippen molar-refractivity contribution >= 4 is 5.91 Å². The van der Waals surface area contributed by atoms with Crippen LogP contribution in [0.3, 0.4) is 0 Å². The quantitative estimate of drug-likeness (QED) is 0.610. The molecule has 4 nitrogen and oxygen atoms in total. The number of nitrogens with zero attached hydrogens (tertiary/aromatic N) is 1. The molecule has 13 heavy (non-hydrogen) atoms. The fraction of sp³-hybridized carbons (Fsp3) is 0.889. The van der Waals surface area contributed by atoms with Gasteiger partial charge in [0.1, 0.15) is 6.10 Å². The average Bonchev–Trinajstić information content (AvgIpc) is 2.72. The molecule has 2 N–H and O–H groups in total. The van der Waals surface area contributed by atoms with Crippen molar-refractivity contribution in [1.29, 1.82) is 0 Å². The second-order valence-electron chi connectivity index (χ2n) is 3.83. The van der Waals surface area contributed by atoms with Crippen LogP contribution >= 0.6 is 0 Å². The first-order valence-electron chi connectivity index (χ1n) is 4.93. The molecule has 0 aromatic heterocycles. The monoisotopic (exact) mass is 184 g/mol. The van der Waals surface area contributed by atoms with Crippen LogP contribution in [0, 0.1) is 0 Å². The van der Waals surface area contributed by atoms with Crippen LogP contribution in [0.25, 0.3) is 0 Å². The van der Waals surface area contributed by atoms with Crippen LogP contribution < -0.4 is 5.73 Å². The van der Waals surface area contributed by atoms with E-state index < -0.39 is 0 Å². The third-order valence-corrected chi connectivity index (χ3v) is 2.74. The van der Waals surface area contributed by atoms with Crippen LogP contribution in [0.15, 0.2) is 0 Å². The molecule has 0 unspecified atom stereocenters. The zero-order valence-corrected chi connectivity index (χ0v) is 7.74. The Bertz CT molecular complexity index is 202. The molecule has 2 atom stereocenters. The van der Waals surface area contributed by atoms with Crippen molar-refractivity contribution in [3.63, 3.8) is 0 Å². The van der Waals surface area contributed by atoms with Crippen molar-refractivity contribution in [2.45, 2.75) is 31.4 Å². The topological polar surface area (TPSA) is 55.6 Å². The maximum atomic E-state index is 11.7. The molecule has 0 bridgehead atoms. The number of carbonyl (C=O) groups excluding carboxylic acids is 1. The van der Waals surface area contributed by atoms with Crippen molar-refractivity contribution < 1.29 is 9.53 Å². The fourth-order valence-electron chi connectivity index (χ4n) is 1.96. The van der Waals surface area contributed by atoms with E-state index in [0.717, 1.165) is 32.4 Å². The predicted octanol–water partition coefficient (Wildman–Crippen LogP) is -0.275. The molecule has 2 aliphatic rings. The van der Waals surface area contributed by atoms with E-state index in [9.17, 15) is 4.79 Å². The molecule has 0 spiro atoms. The van der Waals surface area contributed by atoms with E-state index in [2.05, 4.69) is 0 Å². The molecule has 2 saturated heterocycles. The number of rotatable bonds is 1. The van der Waals surface area contributed by atoms with Gasteiger partial charge in [-0.15, -0.1) is 0 Å². The van der Waals surface area contributed by atoms with E-state index in [4.69, 9.17) is 10.5 Å². The predicted molar refractivity (Wildman–Crippen MR) is 48.1 cm³/mol.